The summed E-state index contributed by atoms with van der Waals surface area (Å²) in [6.45, 7) is 5.17. The molecule has 212 valence electrons. The van der Waals surface area contributed by atoms with Crippen LogP contribution in [-0.4, -0.2) is 39.4 Å². The fourth-order valence-corrected chi connectivity index (χ4v) is 3.88. The first-order valence-corrected chi connectivity index (χ1v) is 14.2. The summed E-state index contributed by atoms with van der Waals surface area (Å²) >= 11 is 0. The fraction of sp³-hybridized carbons (Fsp3) is 0.562. The average molecular weight is 529 g/mol. The van der Waals surface area contributed by atoms with Crippen molar-refractivity contribution in [2.75, 3.05) is 27.4 Å². The van der Waals surface area contributed by atoms with Crippen LogP contribution in [0.1, 0.15) is 112 Å². The maximum absolute atomic E-state index is 12.4. The van der Waals surface area contributed by atoms with E-state index in [-0.39, 0.29) is 0 Å². The molecular formula is C32H48O6. The molecule has 0 saturated carbocycles. The molecule has 0 saturated heterocycles. The predicted molar refractivity (Wildman–Crippen MR) is 153 cm³/mol. The maximum Gasteiger partial charge on any atom is 0.339 e. The standard InChI is InChI=1S/C24H38O4.C8H10O2/c1-3-5-7-9-11-15-19-27-23(25)21-17-13-14-18-22(21)24(26)28-20-16-12-10-8-6-4-2;1-9-7-5-3-4-6-8(7)10-2/h13-14,17-18H,3-12,15-16,19-20H2,1-2H3;3-6H,1-2H3. The molecule has 2 rings (SSSR count). The molecule has 38 heavy (non-hydrogen) atoms. The SMILES string of the molecule is CCCCCCCCOC(=O)c1ccccc1C(=O)OCCCCCCCC.COc1ccccc1OC. The first-order valence-electron chi connectivity index (χ1n) is 14.2. The Kier molecular flexibility index (Phi) is 19.1. The van der Waals surface area contributed by atoms with E-state index in [4.69, 9.17) is 18.9 Å². The van der Waals surface area contributed by atoms with E-state index in [2.05, 4.69) is 13.8 Å². The molecule has 0 radical (unpaired) electrons. The summed E-state index contributed by atoms with van der Waals surface area (Å²) in [6, 6.07) is 14.3. The van der Waals surface area contributed by atoms with Gasteiger partial charge in [-0.2, -0.15) is 0 Å². The molecule has 0 aliphatic carbocycles. The van der Waals surface area contributed by atoms with Gasteiger partial charge in [0.15, 0.2) is 11.5 Å². The molecule has 6 heteroatoms. The van der Waals surface area contributed by atoms with Crippen molar-refractivity contribution < 1.29 is 28.5 Å². The summed E-state index contributed by atoms with van der Waals surface area (Å²) in [5.41, 5.74) is 0.586. The molecule has 0 amide bonds. The zero-order valence-electron chi connectivity index (χ0n) is 24.0. The highest BCUT2D eigenvalue weighted by Gasteiger charge is 2.18. The molecule has 0 spiro atoms. The molecule has 0 aliphatic heterocycles. The van der Waals surface area contributed by atoms with E-state index in [1.807, 2.05) is 24.3 Å². The second kappa shape index (κ2) is 22.0. The van der Waals surface area contributed by atoms with Crippen molar-refractivity contribution in [3.05, 3.63) is 59.7 Å². The molecule has 0 bridgehead atoms. The van der Waals surface area contributed by atoms with Crippen LogP contribution in [0.2, 0.25) is 0 Å². The number of carbonyl (C=O) groups is 2. The molecule has 0 fully saturated rings. The van der Waals surface area contributed by atoms with E-state index in [1.165, 1.54) is 51.4 Å². The quantitative estimate of drug-likeness (QED) is 0.143. The van der Waals surface area contributed by atoms with Crippen LogP contribution in [0.15, 0.2) is 48.5 Å². The highest BCUT2D eigenvalue weighted by molar-refractivity contribution is 6.03. The zero-order chi connectivity index (χ0) is 27.8. The normalized spacial score (nSPS) is 10.2. The Hall–Kier alpha value is -3.02. The largest absolute Gasteiger partial charge is 0.493 e. The minimum Gasteiger partial charge on any atom is -0.493 e. The Morgan fingerprint density at radius 2 is 0.868 bits per heavy atom. The van der Waals surface area contributed by atoms with E-state index >= 15 is 0 Å². The van der Waals surface area contributed by atoms with E-state index in [9.17, 15) is 9.59 Å². The monoisotopic (exact) mass is 528 g/mol. The van der Waals surface area contributed by atoms with Gasteiger partial charge >= 0.3 is 11.9 Å². The molecule has 0 aliphatic rings. The number of ether oxygens (including phenoxy) is 4. The average Bonchev–Trinajstić information content (AvgIpc) is 2.96. The van der Waals surface area contributed by atoms with Crippen LogP contribution >= 0.6 is 0 Å². The smallest absolute Gasteiger partial charge is 0.339 e. The van der Waals surface area contributed by atoms with Crippen LogP contribution < -0.4 is 9.47 Å². The summed E-state index contributed by atoms with van der Waals surface area (Å²) < 4.78 is 20.7. The first kappa shape index (κ1) is 33.0. The van der Waals surface area contributed by atoms with Crippen LogP contribution in [-0.2, 0) is 9.47 Å². The van der Waals surface area contributed by atoms with Crippen molar-refractivity contribution in [3.63, 3.8) is 0 Å². The van der Waals surface area contributed by atoms with Gasteiger partial charge in [0.2, 0.25) is 0 Å². The Balaban J connectivity index is 0.000000600. The lowest BCUT2D eigenvalue weighted by molar-refractivity contribution is 0.0450. The molecule has 2 aromatic carbocycles. The Labute approximate surface area is 230 Å². The second-order valence-corrected chi connectivity index (χ2v) is 9.21. The van der Waals surface area contributed by atoms with Crippen LogP contribution in [0.25, 0.3) is 0 Å². The van der Waals surface area contributed by atoms with Crippen molar-refractivity contribution in [1.82, 2.24) is 0 Å². The summed E-state index contributed by atoms with van der Waals surface area (Å²) in [6.07, 6.45) is 13.6. The molecule has 0 unspecified atom stereocenters. The predicted octanol–water partition coefficient (Wildman–Crippen LogP) is 8.43. The number of methoxy groups -OCH3 is 2. The number of hydrogen-bond acceptors (Lipinski definition) is 6. The third-order valence-electron chi connectivity index (χ3n) is 6.12. The number of rotatable bonds is 18. The van der Waals surface area contributed by atoms with Crippen molar-refractivity contribution in [2.24, 2.45) is 0 Å². The van der Waals surface area contributed by atoms with Gasteiger partial charge in [0.05, 0.1) is 38.6 Å². The summed E-state index contributed by atoms with van der Waals surface area (Å²) in [5, 5.41) is 0. The van der Waals surface area contributed by atoms with Gasteiger partial charge in [-0.3, -0.25) is 0 Å². The number of hydrogen-bond donors (Lipinski definition) is 0. The third-order valence-corrected chi connectivity index (χ3v) is 6.12. The first-order chi connectivity index (χ1) is 18.6. The topological polar surface area (TPSA) is 71.1 Å². The Bertz CT molecular complexity index is 823. The van der Waals surface area contributed by atoms with Gasteiger partial charge in [0.25, 0.3) is 0 Å². The van der Waals surface area contributed by atoms with E-state index in [0.717, 1.165) is 37.2 Å². The molecule has 0 atom stereocenters. The Morgan fingerprint density at radius 1 is 0.526 bits per heavy atom. The van der Waals surface area contributed by atoms with Crippen molar-refractivity contribution in [2.45, 2.75) is 90.9 Å². The molecule has 0 N–H and O–H groups in total. The molecule has 2 aromatic rings. The second-order valence-electron chi connectivity index (χ2n) is 9.21. The minimum atomic E-state index is -0.444. The highest BCUT2D eigenvalue weighted by Crippen LogP contribution is 2.24. The zero-order valence-corrected chi connectivity index (χ0v) is 24.0. The lowest BCUT2D eigenvalue weighted by Gasteiger charge is -2.10. The van der Waals surface area contributed by atoms with Crippen molar-refractivity contribution >= 4 is 11.9 Å². The van der Waals surface area contributed by atoms with Gasteiger partial charge in [-0.05, 0) is 37.1 Å². The van der Waals surface area contributed by atoms with Crippen LogP contribution in [0.3, 0.4) is 0 Å². The number of para-hydroxylation sites is 2. The Morgan fingerprint density at radius 3 is 1.24 bits per heavy atom. The van der Waals surface area contributed by atoms with Gasteiger partial charge in [0, 0.05) is 0 Å². The van der Waals surface area contributed by atoms with Gasteiger partial charge in [-0.15, -0.1) is 0 Å². The van der Waals surface area contributed by atoms with Crippen LogP contribution in [0.5, 0.6) is 11.5 Å². The number of carbonyl (C=O) groups excluding carboxylic acids is 2. The van der Waals surface area contributed by atoms with Gasteiger partial charge in [0.1, 0.15) is 0 Å². The summed E-state index contributed by atoms with van der Waals surface area (Å²) in [7, 11) is 3.25. The highest BCUT2D eigenvalue weighted by atomic mass is 16.5. The van der Waals surface area contributed by atoms with Crippen molar-refractivity contribution in [3.8, 4) is 11.5 Å². The summed E-state index contributed by atoms with van der Waals surface area (Å²) in [5.74, 6) is 0.649. The maximum atomic E-state index is 12.4. The van der Waals surface area contributed by atoms with Crippen LogP contribution in [0, 0.1) is 0 Å². The summed E-state index contributed by atoms with van der Waals surface area (Å²) in [4.78, 5) is 24.7. The van der Waals surface area contributed by atoms with Gasteiger partial charge in [-0.25, -0.2) is 9.59 Å². The molecule has 0 aromatic heterocycles. The molecule has 0 heterocycles. The lowest BCUT2D eigenvalue weighted by Crippen LogP contribution is -2.15. The van der Waals surface area contributed by atoms with Crippen LogP contribution in [0.4, 0.5) is 0 Å². The fourth-order valence-electron chi connectivity index (χ4n) is 3.88. The molecular weight excluding hydrogens is 480 g/mol. The van der Waals surface area contributed by atoms with E-state index in [0.29, 0.717) is 24.3 Å². The lowest BCUT2D eigenvalue weighted by atomic mass is 10.1. The molecule has 6 nitrogen and oxygen atoms in total. The number of esters is 2. The number of unbranched alkanes of at least 4 members (excludes halogenated alkanes) is 10. The van der Waals surface area contributed by atoms with Gasteiger partial charge in [-0.1, -0.05) is 102 Å². The minimum absolute atomic E-state index is 0.293. The third kappa shape index (κ3) is 14.1. The van der Waals surface area contributed by atoms with Gasteiger partial charge < -0.3 is 18.9 Å². The van der Waals surface area contributed by atoms with E-state index < -0.39 is 11.9 Å². The number of benzene rings is 2. The van der Waals surface area contributed by atoms with E-state index in [1.54, 1.807) is 38.5 Å². The van der Waals surface area contributed by atoms with Crippen molar-refractivity contribution in [1.29, 1.82) is 0 Å².